The first-order valence-electron chi connectivity index (χ1n) is 6.96. The van der Waals surface area contributed by atoms with Crippen molar-refractivity contribution in [2.45, 2.75) is 64.9 Å². The van der Waals surface area contributed by atoms with E-state index in [0.29, 0.717) is 12.5 Å². The minimum absolute atomic E-state index is 0.00844. The van der Waals surface area contributed by atoms with E-state index in [9.17, 15) is 0 Å². The summed E-state index contributed by atoms with van der Waals surface area (Å²) < 4.78 is 6.16. The van der Waals surface area contributed by atoms with Gasteiger partial charge in [0.1, 0.15) is 0 Å². The number of hydrogen-bond acceptors (Lipinski definition) is 2. The van der Waals surface area contributed by atoms with Gasteiger partial charge in [-0.2, -0.15) is 0 Å². The van der Waals surface area contributed by atoms with Crippen molar-refractivity contribution in [2.24, 2.45) is 17.6 Å². The van der Waals surface area contributed by atoms with Gasteiger partial charge in [0.05, 0.1) is 5.60 Å². The van der Waals surface area contributed by atoms with Crippen LogP contribution in [0.4, 0.5) is 0 Å². The summed E-state index contributed by atoms with van der Waals surface area (Å²) in [5.41, 5.74) is 5.93. The van der Waals surface area contributed by atoms with Gasteiger partial charge in [-0.1, -0.05) is 27.2 Å². The van der Waals surface area contributed by atoms with Gasteiger partial charge in [-0.3, -0.25) is 0 Å². The number of hydrogen-bond donors (Lipinski definition) is 1. The highest BCUT2D eigenvalue weighted by atomic mass is 16.5. The second-order valence-electron chi connectivity index (χ2n) is 5.77. The van der Waals surface area contributed by atoms with E-state index in [0.717, 1.165) is 25.4 Å². The lowest BCUT2D eigenvalue weighted by atomic mass is 9.79. The molecule has 1 saturated carbocycles. The summed E-state index contributed by atoms with van der Waals surface area (Å²) in [7, 11) is 0. The summed E-state index contributed by atoms with van der Waals surface area (Å²) >= 11 is 0. The lowest BCUT2D eigenvalue weighted by Crippen LogP contribution is -2.44. The second kappa shape index (κ2) is 6.61. The zero-order valence-electron chi connectivity index (χ0n) is 11.3. The molecular weight excluding hydrogens is 198 g/mol. The molecule has 1 unspecified atom stereocenters. The van der Waals surface area contributed by atoms with Gasteiger partial charge in [0.15, 0.2) is 0 Å². The van der Waals surface area contributed by atoms with Crippen LogP contribution < -0.4 is 5.73 Å². The molecule has 96 valence electrons. The zero-order valence-corrected chi connectivity index (χ0v) is 11.3. The van der Waals surface area contributed by atoms with E-state index in [1.54, 1.807) is 0 Å². The lowest BCUT2D eigenvalue weighted by Gasteiger charge is -2.39. The van der Waals surface area contributed by atoms with Crippen LogP contribution in [-0.4, -0.2) is 18.8 Å². The quantitative estimate of drug-likeness (QED) is 0.755. The highest BCUT2D eigenvalue weighted by Crippen LogP contribution is 2.34. The lowest BCUT2D eigenvalue weighted by molar-refractivity contribution is -0.0819. The molecule has 1 aliphatic rings. The summed E-state index contributed by atoms with van der Waals surface area (Å²) in [6, 6.07) is 0. The largest absolute Gasteiger partial charge is 0.373 e. The fourth-order valence-electron chi connectivity index (χ4n) is 2.59. The standard InChI is InChI=1S/C14H29NO/c1-4-5-13(3)10-16-14(11-15)8-6-12(2)7-9-14/h12-13H,4-11,15H2,1-3H3. The topological polar surface area (TPSA) is 35.2 Å². The highest BCUT2D eigenvalue weighted by molar-refractivity contribution is 4.87. The van der Waals surface area contributed by atoms with Crippen LogP contribution in [-0.2, 0) is 4.74 Å². The molecule has 0 bridgehead atoms. The molecule has 0 saturated heterocycles. The van der Waals surface area contributed by atoms with Gasteiger partial charge >= 0.3 is 0 Å². The van der Waals surface area contributed by atoms with E-state index in [2.05, 4.69) is 20.8 Å². The number of ether oxygens (including phenoxy) is 1. The third-order valence-electron chi connectivity index (χ3n) is 4.01. The minimum atomic E-state index is 0.00844. The Labute approximate surface area is 101 Å². The highest BCUT2D eigenvalue weighted by Gasteiger charge is 2.33. The Bertz CT molecular complexity index is 185. The summed E-state index contributed by atoms with van der Waals surface area (Å²) in [4.78, 5) is 0. The Balaban J connectivity index is 2.36. The van der Waals surface area contributed by atoms with E-state index >= 15 is 0 Å². The van der Waals surface area contributed by atoms with Gasteiger partial charge in [-0.25, -0.2) is 0 Å². The molecule has 0 heterocycles. The van der Waals surface area contributed by atoms with Crippen molar-refractivity contribution in [3.05, 3.63) is 0 Å². The molecule has 2 nitrogen and oxygen atoms in total. The Kier molecular flexibility index (Phi) is 5.77. The number of rotatable bonds is 6. The van der Waals surface area contributed by atoms with E-state index in [1.165, 1.54) is 25.7 Å². The van der Waals surface area contributed by atoms with Crippen molar-refractivity contribution < 1.29 is 4.74 Å². The smallest absolute Gasteiger partial charge is 0.0804 e. The maximum atomic E-state index is 6.16. The fourth-order valence-corrected chi connectivity index (χ4v) is 2.59. The van der Waals surface area contributed by atoms with Gasteiger partial charge in [-0.05, 0) is 43.9 Å². The molecular formula is C14H29NO. The first-order valence-corrected chi connectivity index (χ1v) is 6.96. The predicted octanol–water partition coefficient (Wildman–Crippen LogP) is 3.35. The van der Waals surface area contributed by atoms with Crippen molar-refractivity contribution in [1.29, 1.82) is 0 Å². The zero-order chi connectivity index (χ0) is 12.0. The van der Waals surface area contributed by atoms with Crippen LogP contribution in [0.15, 0.2) is 0 Å². The third kappa shape index (κ3) is 4.06. The normalized spacial score (nSPS) is 32.6. The SMILES string of the molecule is CCCC(C)COC1(CN)CCC(C)CC1. The van der Waals surface area contributed by atoms with Gasteiger partial charge in [0.25, 0.3) is 0 Å². The van der Waals surface area contributed by atoms with Crippen molar-refractivity contribution >= 4 is 0 Å². The molecule has 0 aliphatic heterocycles. The van der Waals surface area contributed by atoms with Gasteiger partial charge in [0.2, 0.25) is 0 Å². The van der Waals surface area contributed by atoms with Crippen LogP contribution in [0.1, 0.15) is 59.3 Å². The van der Waals surface area contributed by atoms with Gasteiger partial charge in [0, 0.05) is 13.2 Å². The van der Waals surface area contributed by atoms with Crippen molar-refractivity contribution in [1.82, 2.24) is 0 Å². The van der Waals surface area contributed by atoms with E-state index in [1.807, 2.05) is 0 Å². The van der Waals surface area contributed by atoms with Crippen LogP contribution in [0, 0.1) is 11.8 Å². The summed E-state index contributed by atoms with van der Waals surface area (Å²) in [6.45, 7) is 8.43. The van der Waals surface area contributed by atoms with E-state index < -0.39 is 0 Å². The molecule has 1 aliphatic carbocycles. The van der Waals surface area contributed by atoms with Crippen molar-refractivity contribution in [3.8, 4) is 0 Å². The molecule has 0 radical (unpaired) electrons. The Morgan fingerprint density at radius 3 is 2.50 bits per heavy atom. The van der Waals surface area contributed by atoms with Crippen LogP contribution in [0.5, 0.6) is 0 Å². The van der Waals surface area contributed by atoms with E-state index in [-0.39, 0.29) is 5.60 Å². The van der Waals surface area contributed by atoms with Gasteiger partial charge < -0.3 is 10.5 Å². The predicted molar refractivity (Wildman–Crippen MR) is 69.4 cm³/mol. The maximum absolute atomic E-state index is 6.16. The molecule has 2 heteroatoms. The molecule has 0 amide bonds. The Hall–Kier alpha value is -0.0800. The van der Waals surface area contributed by atoms with Crippen molar-refractivity contribution in [3.63, 3.8) is 0 Å². The summed E-state index contributed by atoms with van der Waals surface area (Å²) in [6.07, 6.45) is 7.37. The molecule has 0 aromatic heterocycles. The molecule has 1 atom stereocenters. The molecule has 1 rings (SSSR count). The van der Waals surface area contributed by atoms with Crippen LogP contribution in [0.3, 0.4) is 0 Å². The molecule has 0 aromatic carbocycles. The molecule has 16 heavy (non-hydrogen) atoms. The van der Waals surface area contributed by atoms with E-state index in [4.69, 9.17) is 10.5 Å². The maximum Gasteiger partial charge on any atom is 0.0804 e. The summed E-state index contributed by atoms with van der Waals surface area (Å²) in [5, 5.41) is 0. The molecule has 0 spiro atoms. The Morgan fingerprint density at radius 2 is 2.00 bits per heavy atom. The fraction of sp³-hybridized carbons (Fsp3) is 1.00. The molecule has 0 aromatic rings. The van der Waals surface area contributed by atoms with Crippen molar-refractivity contribution in [2.75, 3.05) is 13.2 Å². The van der Waals surface area contributed by atoms with Crippen LogP contribution >= 0.6 is 0 Å². The first kappa shape index (κ1) is 14.0. The molecule has 2 N–H and O–H groups in total. The monoisotopic (exact) mass is 227 g/mol. The first-order chi connectivity index (χ1) is 7.62. The summed E-state index contributed by atoms with van der Waals surface area (Å²) in [5.74, 6) is 1.53. The van der Waals surface area contributed by atoms with Crippen LogP contribution in [0.2, 0.25) is 0 Å². The average molecular weight is 227 g/mol. The number of nitrogens with two attached hydrogens (primary N) is 1. The average Bonchev–Trinajstić information content (AvgIpc) is 2.30. The minimum Gasteiger partial charge on any atom is -0.373 e. The molecule has 1 fully saturated rings. The Morgan fingerprint density at radius 1 is 1.38 bits per heavy atom. The second-order valence-corrected chi connectivity index (χ2v) is 5.77. The third-order valence-corrected chi connectivity index (χ3v) is 4.01. The van der Waals surface area contributed by atoms with Gasteiger partial charge in [-0.15, -0.1) is 0 Å². The van der Waals surface area contributed by atoms with Crippen LogP contribution in [0.25, 0.3) is 0 Å².